The average Bonchev–Trinajstić information content (AvgIpc) is 2.93. The first kappa shape index (κ1) is 18.7. The van der Waals surface area contributed by atoms with Crippen molar-refractivity contribution in [1.29, 1.82) is 0 Å². The van der Waals surface area contributed by atoms with Crippen molar-refractivity contribution in [2.24, 2.45) is 0 Å². The van der Waals surface area contributed by atoms with Crippen molar-refractivity contribution in [3.05, 3.63) is 70.8 Å². The fourth-order valence-electron chi connectivity index (χ4n) is 3.77. The molecule has 1 fully saturated rings. The molecule has 1 heterocycles. The lowest BCUT2D eigenvalue weighted by Crippen LogP contribution is -2.38. The number of amides is 1. The molecule has 0 radical (unpaired) electrons. The predicted octanol–water partition coefficient (Wildman–Crippen LogP) is 4.65. The highest BCUT2D eigenvalue weighted by Crippen LogP contribution is 2.24. The van der Waals surface area contributed by atoms with Crippen LogP contribution in [0.15, 0.2) is 48.5 Å². The quantitative estimate of drug-likeness (QED) is 0.851. The molecule has 1 aliphatic heterocycles. The highest BCUT2D eigenvalue weighted by atomic mass is 16.1. The van der Waals surface area contributed by atoms with E-state index in [1.54, 1.807) is 0 Å². The molecule has 0 bridgehead atoms. The number of nitrogens with one attached hydrogen (secondary N) is 1. The average molecular weight is 351 g/mol. The van der Waals surface area contributed by atoms with Gasteiger partial charge in [0, 0.05) is 12.1 Å². The molecule has 1 aliphatic rings. The van der Waals surface area contributed by atoms with Crippen LogP contribution in [0.25, 0.3) is 0 Å². The van der Waals surface area contributed by atoms with E-state index in [1.165, 1.54) is 36.8 Å². The van der Waals surface area contributed by atoms with Crippen LogP contribution in [-0.4, -0.2) is 30.4 Å². The summed E-state index contributed by atoms with van der Waals surface area (Å²) in [6, 6.07) is 16.8. The van der Waals surface area contributed by atoms with Crippen molar-refractivity contribution >= 4 is 5.91 Å². The Bertz CT molecular complexity index is 715. The molecule has 0 aliphatic carbocycles. The Morgan fingerprint density at radius 2 is 1.62 bits per heavy atom. The van der Waals surface area contributed by atoms with Crippen molar-refractivity contribution < 1.29 is 4.79 Å². The minimum atomic E-state index is 0.0232. The van der Waals surface area contributed by atoms with Gasteiger partial charge in [0.05, 0.1) is 6.04 Å². The summed E-state index contributed by atoms with van der Waals surface area (Å²) in [6.45, 7) is 6.97. The van der Waals surface area contributed by atoms with E-state index in [0.717, 1.165) is 24.2 Å². The second kappa shape index (κ2) is 9.00. The Labute approximate surface area is 157 Å². The predicted molar refractivity (Wildman–Crippen MR) is 107 cm³/mol. The molecule has 1 atom stereocenters. The van der Waals surface area contributed by atoms with Gasteiger partial charge in [-0.25, -0.2) is 0 Å². The van der Waals surface area contributed by atoms with E-state index in [4.69, 9.17) is 0 Å². The number of nitrogens with zero attached hydrogens (tertiary/aromatic N) is 1. The number of aryl methyl sites for hydroxylation is 2. The van der Waals surface area contributed by atoms with Gasteiger partial charge in [-0.05, 0) is 57.0 Å². The Hall–Kier alpha value is -2.13. The summed E-state index contributed by atoms with van der Waals surface area (Å²) < 4.78 is 0. The topological polar surface area (TPSA) is 32.3 Å². The normalized spacial score (nSPS) is 16.7. The zero-order chi connectivity index (χ0) is 18.4. The molecule has 0 saturated carbocycles. The monoisotopic (exact) mass is 350 g/mol. The van der Waals surface area contributed by atoms with Crippen LogP contribution in [0, 0.1) is 13.8 Å². The van der Waals surface area contributed by atoms with Gasteiger partial charge in [0.1, 0.15) is 0 Å². The Morgan fingerprint density at radius 3 is 2.27 bits per heavy atom. The Kier molecular flexibility index (Phi) is 6.45. The standard InChI is InChI=1S/C23H30N2O/c1-18-11-13-20(14-12-18)22(25-15-7-3-4-8-16-25)17-24-23(26)21-10-6-5-9-19(21)2/h5-6,9-14,22H,3-4,7-8,15-17H2,1-2H3,(H,24,26)/t22-/m0/s1. The first-order chi connectivity index (χ1) is 12.6. The Balaban J connectivity index is 1.75. The van der Waals surface area contributed by atoms with Crippen molar-refractivity contribution in [3.63, 3.8) is 0 Å². The fourth-order valence-corrected chi connectivity index (χ4v) is 3.77. The minimum Gasteiger partial charge on any atom is -0.350 e. The number of likely N-dealkylation sites (tertiary alicyclic amines) is 1. The molecule has 1 N–H and O–H groups in total. The highest BCUT2D eigenvalue weighted by molar-refractivity contribution is 5.95. The number of carbonyl (C=O) groups is 1. The summed E-state index contributed by atoms with van der Waals surface area (Å²) in [5.41, 5.74) is 4.35. The third-order valence-electron chi connectivity index (χ3n) is 5.39. The zero-order valence-electron chi connectivity index (χ0n) is 16.0. The van der Waals surface area contributed by atoms with Gasteiger partial charge in [-0.3, -0.25) is 9.69 Å². The lowest BCUT2D eigenvalue weighted by Gasteiger charge is -2.31. The molecule has 3 heteroatoms. The third kappa shape index (κ3) is 4.73. The van der Waals surface area contributed by atoms with Crippen LogP contribution in [0.5, 0.6) is 0 Å². The molecule has 0 spiro atoms. The van der Waals surface area contributed by atoms with Gasteiger partial charge in [-0.15, -0.1) is 0 Å². The van der Waals surface area contributed by atoms with E-state index < -0.39 is 0 Å². The zero-order valence-corrected chi connectivity index (χ0v) is 16.0. The molecule has 0 unspecified atom stereocenters. The second-order valence-electron chi connectivity index (χ2n) is 7.40. The van der Waals surface area contributed by atoms with Crippen LogP contribution in [0.2, 0.25) is 0 Å². The Morgan fingerprint density at radius 1 is 0.962 bits per heavy atom. The van der Waals surface area contributed by atoms with Gasteiger partial charge in [0.2, 0.25) is 0 Å². The first-order valence-corrected chi connectivity index (χ1v) is 9.79. The summed E-state index contributed by atoms with van der Waals surface area (Å²) in [6.07, 6.45) is 5.11. The highest BCUT2D eigenvalue weighted by Gasteiger charge is 2.22. The van der Waals surface area contributed by atoms with Crippen LogP contribution in [0.1, 0.15) is 58.8 Å². The molecule has 0 aromatic heterocycles. The molecular weight excluding hydrogens is 320 g/mol. The number of rotatable bonds is 5. The van der Waals surface area contributed by atoms with E-state index in [-0.39, 0.29) is 11.9 Å². The largest absolute Gasteiger partial charge is 0.350 e. The second-order valence-corrected chi connectivity index (χ2v) is 7.40. The number of carbonyl (C=O) groups excluding carboxylic acids is 1. The molecule has 26 heavy (non-hydrogen) atoms. The van der Waals surface area contributed by atoms with Gasteiger partial charge >= 0.3 is 0 Å². The van der Waals surface area contributed by atoms with E-state index in [9.17, 15) is 4.79 Å². The number of hydrogen-bond acceptors (Lipinski definition) is 2. The molecule has 1 saturated heterocycles. The smallest absolute Gasteiger partial charge is 0.251 e. The first-order valence-electron chi connectivity index (χ1n) is 9.79. The molecule has 3 nitrogen and oxygen atoms in total. The minimum absolute atomic E-state index is 0.0232. The maximum Gasteiger partial charge on any atom is 0.251 e. The number of hydrogen-bond donors (Lipinski definition) is 1. The van der Waals surface area contributed by atoms with Crippen LogP contribution < -0.4 is 5.32 Å². The van der Waals surface area contributed by atoms with Crippen LogP contribution in [-0.2, 0) is 0 Å². The summed E-state index contributed by atoms with van der Waals surface area (Å²) in [7, 11) is 0. The molecule has 2 aromatic rings. The molecule has 138 valence electrons. The van der Waals surface area contributed by atoms with Crippen molar-refractivity contribution in [1.82, 2.24) is 10.2 Å². The molecular formula is C23H30N2O. The summed E-state index contributed by atoms with van der Waals surface area (Å²) in [5.74, 6) is 0.0232. The maximum absolute atomic E-state index is 12.7. The van der Waals surface area contributed by atoms with Crippen LogP contribution in [0.4, 0.5) is 0 Å². The fraction of sp³-hybridized carbons (Fsp3) is 0.435. The van der Waals surface area contributed by atoms with Gasteiger partial charge in [0.25, 0.3) is 5.91 Å². The van der Waals surface area contributed by atoms with Gasteiger partial charge < -0.3 is 5.32 Å². The molecule has 2 aromatic carbocycles. The van der Waals surface area contributed by atoms with E-state index in [2.05, 4.69) is 41.4 Å². The van der Waals surface area contributed by atoms with Crippen molar-refractivity contribution in [2.45, 2.75) is 45.6 Å². The van der Waals surface area contributed by atoms with Gasteiger partial charge in [0.15, 0.2) is 0 Å². The maximum atomic E-state index is 12.7. The summed E-state index contributed by atoms with van der Waals surface area (Å²) in [5, 5.41) is 3.19. The van der Waals surface area contributed by atoms with E-state index >= 15 is 0 Å². The molecule has 3 rings (SSSR count). The van der Waals surface area contributed by atoms with Gasteiger partial charge in [-0.1, -0.05) is 60.9 Å². The van der Waals surface area contributed by atoms with E-state index in [1.807, 2.05) is 31.2 Å². The van der Waals surface area contributed by atoms with Crippen LogP contribution >= 0.6 is 0 Å². The van der Waals surface area contributed by atoms with E-state index in [0.29, 0.717) is 6.54 Å². The van der Waals surface area contributed by atoms with Crippen molar-refractivity contribution in [3.8, 4) is 0 Å². The summed E-state index contributed by atoms with van der Waals surface area (Å²) in [4.78, 5) is 15.2. The molecule has 1 amide bonds. The van der Waals surface area contributed by atoms with Gasteiger partial charge in [-0.2, -0.15) is 0 Å². The lowest BCUT2D eigenvalue weighted by atomic mass is 10.0. The third-order valence-corrected chi connectivity index (χ3v) is 5.39. The lowest BCUT2D eigenvalue weighted by molar-refractivity contribution is 0.0932. The number of benzene rings is 2. The summed E-state index contributed by atoms with van der Waals surface area (Å²) >= 11 is 0. The van der Waals surface area contributed by atoms with Crippen LogP contribution in [0.3, 0.4) is 0 Å². The van der Waals surface area contributed by atoms with Crippen molar-refractivity contribution in [2.75, 3.05) is 19.6 Å². The SMILES string of the molecule is Cc1ccc([C@H](CNC(=O)c2ccccc2C)N2CCCCCC2)cc1.